The minimum atomic E-state index is 0.0305. The highest BCUT2D eigenvalue weighted by Gasteiger charge is 1.97. The molecule has 2 aromatic rings. The summed E-state index contributed by atoms with van der Waals surface area (Å²) in [6, 6.07) is 11.1. The Bertz CT molecular complexity index is 592. The lowest BCUT2D eigenvalue weighted by molar-refractivity contribution is 0.696. The molecule has 1 aromatic heterocycles. The number of aromatic nitrogens is 1. The van der Waals surface area contributed by atoms with Crippen molar-refractivity contribution in [2.24, 2.45) is 0 Å². The fourth-order valence-corrected chi connectivity index (χ4v) is 1.90. The summed E-state index contributed by atoms with van der Waals surface area (Å²) in [5.74, 6) is 0. The molecule has 94 valence electrons. The highest BCUT2D eigenvalue weighted by molar-refractivity contribution is 6.30. The molecular formula is C14H15ClN2O. The second-order valence-electron chi connectivity index (χ2n) is 4.17. The zero-order valence-corrected chi connectivity index (χ0v) is 10.9. The van der Waals surface area contributed by atoms with Crippen molar-refractivity contribution in [3.63, 3.8) is 0 Å². The highest BCUT2D eigenvalue weighted by atomic mass is 35.5. The Balaban J connectivity index is 1.94. The summed E-state index contributed by atoms with van der Waals surface area (Å²) >= 11 is 5.89. The summed E-state index contributed by atoms with van der Waals surface area (Å²) in [5, 5.41) is 3.93. The standard InChI is InChI=1S/C14H15ClN2O/c1-11-5-7-17(14(18)9-11)8-6-16-13-4-2-3-12(15)10-13/h2-5,7,9-10,16H,6,8H2,1H3. The van der Waals surface area contributed by atoms with E-state index in [1.165, 1.54) is 0 Å². The van der Waals surface area contributed by atoms with Crippen LogP contribution in [-0.4, -0.2) is 11.1 Å². The van der Waals surface area contributed by atoms with Crippen molar-refractivity contribution < 1.29 is 0 Å². The molecule has 3 nitrogen and oxygen atoms in total. The molecule has 4 heteroatoms. The summed E-state index contributed by atoms with van der Waals surface area (Å²) in [6.45, 7) is 3.23. The third-order valence-corrected chi connectivity index (χ3v) is 2.89. The molecule has 0 aliphatic rings. The highest BCUT2D eigenvalue weighted by Crippen LogP contribution is 2.14. The third-order valence-electron chi connectivity index (χ3n) is 2.66. The molecule has 1 heterocycles. The van der Waals surface area contributed by atoms with Crippen LogP contribution >= 0.6 is 11.6 Å². The van der Waals surface area contributed by atoms with Gasteiger partial charge in [-0.3, -0.25) is 4.79 Å². The van der Waals surface area contributed by atoms with Gasteiger partial charge in [-0.2, -0.15) is 0 Å². The van der Waals surface area contributed by atoms with Crippen LogP contribution in [0.4, 0.5) is 5.69 Å². The van der Waals surface area contributed by atoms with Gasteiger partial charge in [0.2, 0.25) is 0 Å². The first-order valence-corrected chi connectivity index (χ1v) is 6.19. The van der Waals surface area contributed by atoms with Crippen molar-refractivity contribution in [1.82, 2.24) is 4.57 Å². The average Bonchev–Trinajstić information content (AvgIpc) is 2.32. The molecule has 0 aliphatic carbocycles. The Morgan fingerprint density at radius 3 is 2.83 bits per heavy atom. The minimum Gasteiger partial charge on any atom is -0.383 e. The molecule has 0 amide bonds. The average molecular weight is 263 g/mol. The van der Waals surface area contributed by atoms with Crippen molar-refractivity contribution in [2.45, 2.75) is 13.5 Å². The molecule has 1 N–H and O–H groups in total. The predicted octanol–water partition coefficient (Wildman–Crippen LogP) is 2.92. The van der Waals surface area contributed by atoms with Gasteiger partial charge >= 0.3 is 0 Å². The number of anilines is 1. The van der Waals surface area contributed by atoms with Crippen molar-refractivity contribution in [3.8, 4) is 0 Å². The van der Waals surface area contributed by atoms with Gasteiger partial charge in [-0.1, -0.05) is 17.7 Å². The first-order valence-electron chi connectivity index (χ1n) is 5.82. The summed E-state index contributed by atoms with van der Waals surface area (Å²) in [7, 11) is 0. The van der Waals surface area contributed by atoms with Crippen LogP contribution in [0.25, 0.3) is 0 Å². The normalized spacial score (nSPS) is 10.3. The zero-order chi connectivity index (χ0) is 13.0. The summed E-state index contributed by atoms with van der Waals surface area (Å²) in [6.07, 6.45) is 1.82. The topological polar surface area (TPSA) is 34.0 Å². The van der Waals surface area contributed by atoms with Gasteiger partial charge in [0.15, 0.2) is 0 Å². The Hall–Kier alpha value is -1.74. The van der Waals surface area contributed by atoms with E-state index in [-0.39, 0.29) is 5.56 Å². The van der Waals surface area contributed by atoms with Crippen LogP contribution in [0.1, 0.15) is 5.56 Å². The van der Waals surface area contributed by atoms with E-state index in [2.05, 4.69) is 5.32 Å². The van der Waals surface area contributed by atoms with E-state index < -0.39 is 0 Å². The van der Waals surface area contributed by atoms with E-state index in [0.29, 0.717) is 18.1 Å². The minimum absolute atomic E-state index is 0.0305. The smallest absolute Gasteiger partial charge is 0.250 e. The Morgan fingerprint density at radius 1 is 1.28 bits per heavy atom. The van der Waals surface area contributed by atoms with Crippen LogP contribution in [0, 0.1) is 6.92 Å². The summed E-state index contributed by atoms with van der Waals surface area (Å²) in [4.78, 5) is 11.7. The van der Waals surface area contributed by atoms with Gasteiger partial charge in [-0.25, -0.2) is 0 Å². The van der Waals surface area contributed by atoms with Crippen LogP contribution in [0.15, 0.2) is 47.4 Å². The number of nitrogens with one attached hydrogen (secondary N) is 1. The molecule has 0 radical (unpaired) electrons. The number of hydrogen-bond donors (Lipinski definition) is 1. The molecule has 0 saturated heterocycles. The van der Waals surface area contributed by atoms with Gasteiger partial charge in [-0.15, -0.1) is 0 Å². The molecule has 0 fully saturated rings. The Labute approximate surface area is 111 Å². The van der Waals surface area contributed by atoms with Crippen LogP contribution in [0.5, 0.6) is 0 Å². The largest absolute Gasteiger partial charge is 0.383 e. The molecule has 0 saturated carbocycles. The number of hydrogen-bond acceptors (Lipinski definition) is 2. The fourth-order valence-electron chi connectivity index (χ4n) is 1.71. The van der Waals surface area contributed by atoms with Crippen molar-refractivity contribution in [2.75, 3.05) is 11.9 Å². The fraction of sp³-hybridized carbons (Fsp3) is 0.214. The van der Waals surface area contributed by atoms with Crippen molar-refractivity contribution in [1.29, 1.82) is 0 Å². The van der Waals surface area contributed by atoms with Gasteiger partial charge in [0.1, 0.15) is 0 Å². The Morgan fingerprint density at radius 2 is 2.11 bits per heavy atom. The molecule has 0 aliphatic heterocycles. The third kappa shape index (κ3) is 3.37. The zero-order valence-electron chi connectivity index (χ0n) is 10.2. The van der Waals surface area contributed by atoms with E-state index in [1.54, 1.807) is 10.6 Å². The van der Waals surface area contributed by atoms with Crippen LogP contribution in [0.2, 0.25) is 5.02 Å². The SMILES string of the molecule is Cc1ccn(CCNc2cccc(Cl)c2)c(=O)c1. The lowest BCUT2D eigenvalue weighted by atomic mass is 10.3. The maximum Gasteiger partial charge on any atom is 0.250 e. The maximum atomic E-state index is 11.7. The second-order valence-corrected chi connectivity index (χ2v) is 4.61. The Kier molecular flexibility index (Phi) is 4.05. The molecule has 18 heavy (non-hydrogen) atoms. The molecule has 0 unspecified atom stereocenters. The quantitative estimate of drug-likeness (QED) is 0.919. The number of benzene rings is 1. The van der Waals surface area contributed by atoms with Crippen molar-refractivity contribution >= 4 is 17.3 Å². The van der Waals surface area contributed by atoms with Crippen LogP contribution in [-0.2, 0) is 6.54 Å². The van der Waals surface area contributed by atoms with Gasteiger partial charge in [0.05, 0.1) is 0 Å². The van der Waals surface area contributed by atoms with E-state index in [9.17, 15) is 4.79 Å². The van der Waals surface area contributed by atoms with Crippen LogP contribution < -0.4 is 10.9 Å². The number of nitrogens with zero attached hydrogens (tertiary/aromatic N) is 1. The first-order chi connectivity index (χ1) is 8.65. The molecule has 0 bridgehead atoms. The van der Waals surface area contributed by atoms with Gasteiger partial charge in [0.25, 0.3) is 5.56 Å². The molecule has 1 aromatic carbocycles. The summed E-state index contributed by atoms with van der Waals surface area (Å²) < 4.78 is 1.69. The summed E-state index contributed by atoms with van der Waals surface area (Å²) in [5.41, 5.74) is 1.98. The van der Waals surface area contributed by atoms with E-state index in [4.69, 9.17) is 11.6 Å². The molecule has 0 atom stereocenters. The van der Waals surface area contributed by atoms with Gasteiger partial charge in [0, 0.05) is 36.1 Å². The predicted molar refractivity (Wildman–Crippen MR) is 75.4 cm³/mol. The van der Waals surface area contributed by atoms with Crippen LogP contribution in [0.3, 0.4) is 0 Å². The molecule has 2 rings (SSSR count). The van der Waals surface area contributed by atoms with E-state index >= 15 is 0 Å². The number of aryl methyl sites for hydroxylation is 1. The first kappa shape index (κ1) is 12.7. The number of halogens is 1. The van der Waals surface area contributed by atoms with Gasteiger partial charge < -0.3 is 9.88 Å². The van der Waals surface area contributed by atoms with E-state index in [1.807, 2.05) is 43.5 Å². The lowest BCUT2D eigenvalue weighted by Crippen LogP contribution is -2.22. The van der Waals surface area contributed by atoms with E-state index in [0.717, 1.165) is 11.3 Å². The monoisotopic (exact) mass is 262 g/mol. The molecular weight excluding hydrogens is 248 g/mol. The number of rotatable bonds is 4. The lowest BCUT2D eigenvalue weighted by Gasteiger charge is -2.08. The van der Waals surface area contributed by atoms with Crippen molar-refractivity contribution in [3.05, 3.63) is 63.5 Å². The maximum absolute atomic E-state index is 11.7. The molecule has 0 spiro atoms. The number of pyridine rings is 1. The second kappa shape index (κ2) is 5.74. The van der Waals surface area contributed by atoms with Gasteiger partial charge in [-0.05, 0) is 36.8 Å².